The number of thiophene rings is 1. The molecule has 0 aliphatic rings. The number of nitro benzene ring substituents is 1. The smallest absolute Gasteiger partial charge is 0.348 e. The minimum atomic E-state index is -3.96. The van der Waals surface area contributed by atoms with Crippen molar-refractivity contribution in [2.24, 2.45) is 0 Å². The monoisotopic (exact) mass is 527 g/mol. The Hall–Kier alpha value is -4.54. The van der Waals surface area contributed by atoms with Gasteiger partial charge in [-0.1, -0.05) is 36.4 Å². The Morgan fingerprint density at radius 3 is 2.41 bits per heavy atom. The Morgan fingerprint density at radius 1 is 0.919 bits per heavy atom. The summed E-state index contributed by atoms with van der Waals surface area (Å²) in [5.74, 6) is 0.182. The van der Waals surface area contributed by atoms with Crippen LogP contribution in [0.15, 0.2) is 101 Å². The largest absolute Gasteiger partial charge is 0.378 e. The Kier molecular flexibility index (Phi) is 5.47. The predicted molar refractivity (Wildman–Crippen MR) is 143 cm³/mol. The molecule has 6 aromatic rings. The van der Waals surface area contributed by atoms with E-state index in [0.29, 0.717) is 5.65 Å². The topological polar surface area (TPSA) is 115 Å². The summed E-state index contributed by atoms with van der Waals surface area (Å²) in [6.45, 7) is 0. The maximum atomic E-state index is 12.7. The van der Waals surface area contributed by atoms with Crippen molar-refractivity contribution in [3.63, 3.8) is 0 Å². The lowest BCUT2D eigenvalue weighted by molar-refractivity contribution is -0.384. The van der Waals surface area contributed by atoms with Crippen molar-refractivity contribution in [2.45, 2.75) is 4.21 Å². The second kappa shape index (κ2) is 8.84. The van der Waals surface area contributed by atoms with Gasteiger partial charge in [-0.25, -0.2) is 4.98 Å². The van der Waals surface area contributed by atoms with Gasteiger partial charge in [-0.3, -0.25) is 10.1 Å². The van der Waals surface area contributed by atoms with Gasteiger partial charge in [-0.15, -0.1) is 11.3 Å². The first-order valence-electron chi connectivity index (χ1n) is 11.1. The predicted octanol–water partition coefficient (Wildman–Crippen LogP) is 6.79. The Bertz CT molecular complexity index is 1880. The van der Waals surface area contributed by atoms with Crippen molar-refractivity contribution in [1.29, 1.82) is 0 Å². The van der Waals surface area contributed by atoms with Crippen LogP contribution in [-0.2, 0) is 10.1 Å². The molecular formula is C27H17N3O5S2. The highest BCUT2D eigenvalue weighted by Gasteiger charge is 2.21. The number of nitrogens with zero attached hydrogens (tertiary/aromatic N) is 2. The summed E-state index contributed by atoms with van der Waals surface area (Å²) in [6, 6.07) is 24.3. The number of aromatic amines is 1. The van der Waals surface area contributed by atoms with Gasteiger partial charge in [-0.2, -0.15) is 8.42 Å². The van der Waals surface area contributed by atoms with Crippen LogP contribution in [0.2, 0.25) is 0 Å². The Morgan fingerprint density at radius 2 is 1.70 bits per heavy atom. The summed E-state index contributed by atoms with van der Waals surface area (Å²) < 4.78 is 31.0. The molecule has 10 heteroatoms. The number of nitro groups is 1. The van der Waals surface area contributed by atoms with Crippen molar-refractivity contribution < 1.29 is 17.5 Å². The molecule has 0 atom stereocenters. The van der Waals surface area contributed by atoms with Gasteiger partial charge in [0.2, 0.25) is 0 Å². The number of pyridine rings is 1. The number of benzene rings is 3. The number of aromatic nitrogens is 2. The molecule has 0 saturated carbocycles. The molecule has 0 fully saturated rings. The van der Waals surface area contributed by atoms with Gasteiger partial charge in [0, 0.05) is 45.7 Å². The first-order valence-corrected chi connectivity index (χ1v) is 13.4. The summed E-state index contributed by atoms with van der Waals surface area (Å²) in [5, 5.41) is 14.4. The number of nitrogens with one attached hydrogen (secondary N) is 1. The minimum Gasteiger partial charge on any atom is -0.378 e. The molecule has 37 heavy (non-hydrogen) atoms. The number of hydrogen-bond acceptors (Lipinski definition) is 7. The van der Waals surface area contributed by atoms with Crippen LogP contribution >= 0.6 is 11.3 Å². The van der Waals surface area contributed by atoms with Crippen LogP contribution in [0.25, 0.3) is 44.2 Å². The third-order valence-electron chi connectivity index (χ3n) is 5.99. The van der Waals surface area contributed by atoms with Crippen LogP contribution in [0.1, 0.15) is 0 Å². The molecule has 0 amide bonds. The molecule has 0 aliphatic heterocycles. The van der Waals surface area contributed by atoms with E-state index in [4.69, 9.17) is 4.18 Å². The molecule has 3 aromatic heterocycles. The molecular weight excluding hydrogens is 510 g/mol. The molecule has 0 radical (unpaired) electrons. The van der Waals surface area contributed by atoms with E-state index in [0.717, 1.165) is 49.9 Å². The molecule has 3 heterocycles. The average Bonchev–Trinajstić information content (AvgIpc) is 3.58. The Balaban J connectivity index is 1.58. The molecule has 1 N–H and O–H groups in total. The maximum Gasteiger partial charge on any atom is 0.348 e. The summed E-state index contributed by atoms with van der Waals surface area (Å²) in [7, 11) is -3.96. The third-order valence-corrected chi connectivity index (χ3v) is 8.59. The Labute approximate surface area is 215 Å². The highest BCUT2D eigenvalue weighted by Crippen LogP contribution is 2.41. The molecule has 182 valence electrons. The molecule has 0 bridgehead atoms. The fourth-order valence-electron chi connectivity index (χ4n) is 4.35. The number of hydrogen-bond donors (Lipinski definition) is 1. The van der Waals surface area contributed by atoms with E-state index >= 15 is 0 Å². The van der Waals surface area contributed by atoms with Gasteiger partial charge in [-0.05, 0) is 52.9 Å². The third kappa shape index (κ3) is 4.11. The van der Waals surface area contributed by atoms with Crippen LogP contribution in [0.4, 0.5) is 5.69 Å². The summed E-state index contributed by atoms with van der Waals surface area (Å²) in [5.41, 5.74) is 4.72. The van der Waals surface area contributed by atoms with Crippen molar-refractivity contribution in [1.82, 2.24) is 9.97 Å². The fourth-order valence-corrected chi connectivity index (χ4v) is 6.22. The molecule has 0 spiro atoms. The van der Waals surface area contributed by atoms with Crippen LogP contribution in [-0.4, -0.2) is 23.3 Å². The van der Waals surface area contributed by atoms with Gasteiger partial charge in [0.05, 0.1) is 4.92 Å². The van der Waals surface area contributed by atoms with E-state index in [2.05, 4.69) is 9.97 Å². The van der Waals surface area contributed by atoms with Crippen LogP contribution in [0, 0.1) is 10.1 Å². The lowest BCUT2D eigenvalue weighted by Gasteiger charge is -2.12. The van der Waals surface area contributed by atoms with Crippen molar-refractivity contribution >= 4 is 49.1 Å². The molecule has 3 aromatic carbocycles. The highest BCUT2D eigenvalue weighted by molar-refractivity contribution is 7.89. The SMILES string of the molecule is O=[N+]([O-])c1ccc(-c2cnc3[nH]c4ccc(OS(=O)(=O)c5cccs5)cc4c3c2-c2ccccc2)cc1. The highest BCUT2D eigenvalue weighted by atomic mass is 32.3. The standard InChI is InChI=1S/C27H17N3O5S2/c31-30(32)19-10-8-17(9-11-19)22-16-28-27-26(25(22)18-5-2-1-3-6-18)21-15-20(12-13-23(21)29-27)35-37(33,34)24-7-4-14-36-24/h1-16H,(H,28,29). The lowest BCUT2D eigenvalue weighted by atomic mass is 9.92. The van der Waals surface area contributed by atoms with E-state index in [1.165, 1.54) is 18.2 Å². The molecule has 8 nitrogen and oxygen atoms in total. The first-order chi connectivity index (χ1) is 17.9. The van der Waals surface area contributed by atoms with Crippen LogP contribution in [0.5, 0.6) is 5.75 Å². The number of rotatable bonds is 6. The van der Waals surface area contributed by atoms with E-state index in [1.807, 2.05) is 30.3 Å². The van der Waals surface area contributed by atoms with Gasteiger partial charge < -0.3 is 9.17 Å². The zero-order chi connectivity index (χ0) is 25.6. The second-order valence-corrected chi connectivity index (χ2v) is 11.0. The lowest BCUT2D eigenvalue weighted by Crippen LogP contribution is -2.07. The summed E-state index contributed by atoms with van der Waals surface area (Å²) in [6.07, 6.45) is 1.74. The van der Waals surface area contributed by atoms with Crippen molar-refractivity contribution in [3.05, 3.63) is 107 Å². The zero-order valence-corrected chi connectivity index (χ0v) is 20.6. The molecule has 0 unspecified atom stereocenters. The van der Waals surface area contributed by atoms with Gasteiger partial charge in [0.1, 0.15) is 11.4 Å². The maximum absolute atomic E-state index is 12.7. The first kappa shape index (κ1) is 22.9. The average molecular weight is 528 g/mol. The molecule has 0 aliphatic carbocycles. The number of H-pyrrole nitrogens is 1. The zero-order valence-electron chi connectivity index (χ0n) is 19.0. The van der Waals surface area contributed by atoms with Gasteiger partial charge in [0.25, 0.3) is 5.69 Å². The quantitative estimate of drug-likeness (QED) is 0.145. The molecule has 0 saturated heterocycles. The fraction of sp³-hybridized carbons (Fsp3) is 0. The van der Waals surface area contributed by atoms with E-state index in [1.54, 1.807) is 48.0 Å². The number of non-ortho nitro benzene ring substituents is 1. The van der Waals surface area contributed by atoms with E-state index in [-0.39, 0.29) is 15.6 Å². The van der Waals surface area contributed by atoms with Crippen LogP contribution in [0.3, 0.4) is 0 Å². The normalized spacial score (nSPS) is 11.7. The van der Waals surface area contributed by atoms with Gasteiger partial charge in [0.15, 0.2) is 4.21 Å². The van der Waals surface area contributed by atoms with Gasteiger partial charge >= 0.3 is 10.1 Å². The van der Waals surface area contributed by atoms with E-state index in [9.17, 15) is 18.5 Å². The van der Waals surface area contributed by atoms with Crippen molar-refractivity contribution in [2.75, 3.05) is 0 Å². The summed E-state index contributed by atoms with van der Waals surface area (Å²) in [4.78, 5) is 18.7. The minimum absolute atomic E-state index is 0.000108. The second-order valence-electron chi connectivity index (χ2n) is 8.24. The molecule has 6 rings (SSSR count). The van der Waals surface area contributed by atoms with Crippen LogP contribution < -0.4 is 4.18 Å². The van der Waals surface area contributed by atoms with E-state index < -0.39 is 15.0 Å². The number of fused-ring (bicyclic) bond motifs is 3. The van der Waals surface area contributed by atoms with Crippen molar-refractivity contribution in [3.8, 4) is 28.0 Å². The summed E-state index contributed by atoms with van der Waals surface area (Å²) >= 11 is 1.09.